The number of aryl methyl sites for hydroxylation is 1. The van der Waals surface area contributed by atoms with E-state index in [1.807, 2.05) is 75.4 Å². The van der Waals surface area contributed by atoms with Crippen molar-refractivity contribution in [2.24, 2.45) is 17.6 Å². The highest BCUT2D eigenvalue weighted by Gasteiger charge is 2.24. The van der Waals surface area contributed by atoms with E-state index < -0.39 is 33.9 Å². The number of amides is 3. The SMILES string of the molecule is CC[C@H](NC[C@H](Cc1ccccn1)NC(=O)c1cc(C(=O)N[C@H](C)c2cccc(C)c2)cc(N(C)S(C)(=O)=O)c1)C(=O)NCC1C=CC(N)=CC1C. The molecule has 13 heteroatoms. The van der Waals surface area contributed by atoms with Gasteiger partial charge in [0.1, 0.15) is 0 Å². The topological polar surface area (TPSA) is 176 Å². The molecule has 0 radical (unpaired) electrons. The Balaban J connectivity index is 1.54. The van der Waals surface area contributed by atoms with E-state index >= 15 is 0 Å². The Morgan fingerprint density at radius 3 is 2.33 bits per heavy atom. The molecule has 4 rings (SSSR count). The Kier molecular flexibility index (Phi) is 13.7. The Morgan fingerprint density at radius 1 is 1.00 bits per heavy atom. The summed E-state index contributed by atoms with van der Waals surface area (Å²) in [6, 6.07) is 16.2. The summed E-state index contributed by atoms with van der Waals surface area (Å²) in [6.07, 6.45) is 9.42. The van der Waals surface area contributed by atoms with Gasteiger partial charge in [-0.1, -0.05) is 61.9 Å². The van der Waals surface area contributed by atoms with Crippen molar-refractivity contribution in [2.75, 3.05) is 30.7 Å². The lowest BCUT2D eigenvalue weighted by Crippen LogP contribution is -2.51. The van der Waals surface area contributed by atoms with Gasteiger partial charge in [-0.25, -0.2) is 8.42 Å². The van der Waals surface area contributed by atoms with Crippen molar-refractivity contribution in [3.8, 4) is 0 Å². The summed E-state index contributed by atoms with van der Waals surface area (Å²) in [4.78, 5) is 45.2. The lowest BCUT2D eigenvalue weighted by atomic mass is 9.89. The molecule has 0 spiro atoms. The van der Waals surface area contributed by atoms with Crippen LogP contribution in [0.4, 0.5) is 5.69 Å². The van der Waals surface area contributed by atoms with Gasteiger partial charge in [-0.15, -0.1) is 0 Å². The van der Waals surface area contributed by atoms with Crippen molar-refractivity contribution >= 4 is 33.4 Å². The van der Waals surface area contributed by atoms with Gasteiger partial charge in [0.05, 0.1) is 24.0 Å². The van der Waals surface area contributed by atoms with E-state index in [4.69, 9.17) is 5.73 Å². The number of nitrogens with one attached hydrogen (secondary N) is 4. The monoisotopic (exact) mass is 729 g/mol. The molecule has 5 atom stereocenters. The van der Waals surface area contributed by atoms with Crippen molar-refractivity contribution < 1.29 is 22.8 Å². The molecule has 2 aromatic carbocycles. The first-order valence-corrected chi connectivity index (χ1v) is 19.3. The van der Waals surface area contributed by atoms with Gasteiger partial charge in [0.15, 0.2) is 0 Å². The number of nitrogens with zero attached hydrogens (tertiary/aromatic N) is 2. The summed E-state index contributed by atoms with van der Waals surface area (Å²) in [7, 11) is -2.36. The molecule has 52 heavy (non-hydrogen) atoms. The number of carbonyl (C=O) groups excluding carboxylic acids is 3. The lowest BCUT2D eigenvalue weighted by Gasteiger charge is -2.25. The quantitative estimate of drug-likeness (QED) is 0.148. The molecule has 6 N–H and O–H groups in total. The number of aromatic nitrogens is 1. The van der Waals surface area contributed by atoms with E-state index in [0.29, 0.717) is 25.1 Å². The van der Waals surface area contributed by atoms with Crippen LogP contribution in [0.1, 0.15) is 70.8 Å². The van der Waals surface area contributed by atoms with E-state index in [2.05, 4.69) is 33.2 Å². The van der Waals surface area contributed by atoms with Gasteiger partial charge >= 0.3 is 0 Å². The first-order chi connectivity index (χ1) is 24.6. The van der Waals surface area contributed by atoms with Crippen molar-refractivity contribution in [1.82, 2.24) is 26.3 Å². The van der Waals surface area contributed by atoms with Crippen LogP contribution < -0.4 is 31.3 Å². The highest BCUT2D eigenvalue weighted by molar-refractivity contribution is 7.92. The standard InChI is InChI=1S/C39H51N7O5S/c1-7-36(39(49)43-23-29-14-15-32(40)18-26(29)3)42-24-34(22-33-13-8-9-16-41-33)45-38(48)31-19-30(20-35(21-31)46(5)52(6,50)51)37(47)44-27(4)28-12-10-11-25(2)17-28/h8-21,26-27,29,34,36,42H,7,22-24,40H2,1-6H3,(H,43,49)(H,44,47)(H,45,48)/t26?,27-,29?,34+,36+/m1/s1. The molecular formula is C39H51N7O5S. The highest BCUT2D eigenvalue weighted by Crippen LogP contribution is 2.23. The molecule has 0 saturated carbocycles. The van der Waals surface area contributed by atoms with Gasteiger partial charge in [-0.3, -0.25) is 23.7 Å². The van der Waals surface area contributed by atoms with Crippen molar-refractivity contribution in [2.45, 2.75) is 58.7 Å². The molecule has 1 aliphatic rings. The fourth-order valence-electron chi connectivity index (χ4n) is 5.96. The van der Waals surface area contributed by atoms with E-state index in [9.17, 15) is 22.8 Å². The number of benzene rings is 2. The number of carbonyl (C=O) groups is 3. The van der Waals surface area contributed by atoms with E-state index in [-0.39, 0.29) is 47.1 Å². The predicted molar refractivity (Wildman–Crippen MR) is 205 cm³/mol. The third-order valence-electron chi connectivity index (χ3n) is 9.22. The van der Waals surface area contributed by atoms with Gasteiger partial charge in [0.2, 0.25) is 15.9 Å². The smallest absolute Gasteiger partial charge is 0.251 e. The zero-order chi connectivity index (χ0) is 38.0. The van der Waals surface area contributed by atoms with Gasteiger partial charge in [0.25, 0.3) is 11.8 Å². The zero-order valence-electron chi connectivity index (χ0n) is 30.7. The number of hydrogen-bond donors (Lipinski definition) is 5. The highest BCUT2D eigenvalue weighted by atomic mass is 32.2. The molecule has 1 heterocycles. The first kappa shape index (κ1) is 39.8. The van der Waals surface area contributed by atoms with E-state index in [1.165, 1.54) is 25.2 Å². The minimum atomic E-state index is -3.72. The fourth-order valence-corrected chi connectivity index (χ4v) is 6.45. The van der Waals surface area contributed by atoms with Crippen molar-refractivity contribution in [1.29, 1.82) is 0 Å². The van der Waals surface area contributed by atoms with Crippen LogP contribution in [0.15, 0.2) is 90.8 Å². The summed E-state index contributed by atoms with van der Waals surface area (Å²) < 4.78 is 26.1. The average Bonchev–Trinajstić information content (AvgIpc) is 3.10. The predicted octanol–water partition coefficient (Wildman–Crippen LogP) is 3.77. The summed E-state index contributed by atoms with van der Waals surface area (Å²) in [5.74, 6) is -0.820. The molecule has 0 aliphatic heterocycles. The van der Waals surface area contributed by atoms with Crippen LogP contribution in [-0.2, 0) is 21.2 Å². The minimum Gasteiger partial charge on any atom is -0.399 e. The molecule has 12 nitrogen and oxygen atoms in total. The number of anilines is 1. The molecule has 3 amide bonds. The van der Waals surface area contributed by atoms with E-state index in [1.54, 1.807) is 12.3 Å². The summed E-state index contributed by atoms with van der Waals surface area (Å²) >= 11 is 0. The largest absolute Gasteiger partial charge is 0.399 e. The summed E-state index contributed by atoms with van der Waals surface area (Å²) in [5, 5.41) is 12.4. The third kappa shape index (κ3) is 11.2. The van der Waals surface area contributed by atoms with Crippen LogP contribution in [0.5, 0.6) is 0 Å². The van der Waals surface area contributed by atoms with Crippen LogP contribution in [-0.4, -0.2) is 69.6 Å². The molecule has 0 bridgehead atoms. The number of hydrogen-bond acceptors (Lipinski definition) is 8. The molecule has 0 saturated heterocycles. The molecular weight excluding hydrogens is 679 g/mol. The van der Waals surface area contributed by atoms with Crippen molar-refractivity contribution in [3.05, 3.63) is 119 Å². The van der Waals surface area contributed by atoms with Crippen LogP contribution in [0.25, 0.3) is 0 Å². The first-order valence-electron chi connectivity index (χ1n) is 17.5. The Hall–Kier alpha value is -5.01. The normalized spacial score (nSPS) is 17.3. The minimum absolute atomic E-state index is 0.0986. The molecule has 3 aromatic rings. The fraction of sp³-hybridized carbons (Fsp3) is 0.385. The van der Waals surface area contributed by atoms with Crippen molar-refractivity contribution in [3.63, 3.8) is 0 Å². The second-order valence-corrected chi connectivity index (χ2v) is 15.5. The number of nitrogens with two attached hydrogens (primary N) is 1. The van der Waals surface area contributed by atoms with Gasteiger partial charge in [-0.2, -0.15) is 0 Å². The van der Waals surface area contributed by atoms with Crippen LogP contribution >= 0.6 is 0 Å². The maximum absolute atomic E-state index is 13.9. The molecule has 278 valence electrons. The van der Waals surface area contributed by atoms with Crippen LogP contribution in [0.2, 0.25) is 0 Å². The number of pyridine rings is 1. The van der Waals surface area contributed by atoms with Crippen LogP contribution in [0.3, 0.4) is 0 Å². The van der Waals surface area contributed by atoms with Gasteiger partial charge in [0, 0.05) is 67.2 Å². The number of allylic oxidation sites excluding steroid dienone is 2. The van der Waals surface area contributed by atoms with Crippen LogP contribution in [0, 0.1) is 18.8 Å². The number of sulfonamides is 1. The Morgan fingerprint density at radius 2 is 1.71 bits per heavy atom. The van der Waals surface area contributed by atoms with E-state index in [0.717, 1.165) is 27.4 Å². The molecule has 1 aliphatic carbocycles. The molecule has 2 unspecified atom stereocenters. The van der Waals surface area contributed by atoms with Gasteiger partial charge < -0.3 is 27.0 Å². The second kappa shape index (κ2) is 18.0. The zero-order valence-corrected chi connectivity index (χ0v) is 31.5. The number of rotatable bonds is 16. The third-order valence-corrected chi connectivity index (χ3v) is 10.4. The molecule has 0 fully saturated rings. The van der Waals surface area contributed by atoms with Gasteiger partial charge in [-0.05, 0) is 68.2 Å². The average molecular weight is 730 g/mol. The Labute approximate surface area is 307 Å². The maximum atomic E-state index is 13.9. The maximum Gasteiger partial charge on any atom is 0.251 e. The summed E-state index contributed by atoms with van der Waals surface area (Å²) in [6.45, 7) is 8.48. The molecule has 1 aromatic heterocycles. The second-order valence-electron chi connectivity index (χ2n) is 13.5. The summed E-state index contributed by atoms with van der Waals surface area (Å²) in [5.41, 5.74) is 9.68. The Bertz CT molecular complexity index is 1900. The lowest BCUT2D eigenvalue weighted by molar-refractivity contribution is -0.123.